The maximum Gasteiger partial charge on any atom is 0.267 e. The number of β-amino-alcohol motifs (C(OH)–C–C–N with tert-alkyl or cyclic N) is 1. The van der Waals surface area contributed by atoms with E-state index in [1.54, 1.807) is 4.90 Å². The summed E-state index contributed by atoms with van der Waals surface area (Å²) in [5, 5.41) is 14.4. The summed E-state index contributed by atoms with van der Waals surface area (Å²) in [4.78, 5) is 19.6. The zero-order valence-corrected chi connectivity index (χ0v) is 13.9. The van der Waals surface area contributed by atoms with Crippen LogP contribution in [-0.2, 0) is 6.42 Å². The fraction of sp³-hybridized carbons (Fsp3) is 0.786. The van der Waals surface area contributed by atoms with Crippen LogP contribution in [0.4, 0.5) is 0 Å². The fourth-order valence-electron chi connectivity index (χ4n) is 3.19. The van der Waals surface area contributed by atoms with Crippen LogP contribution in [0.5, 0.6) is 0 Å². The Kier molecular flexibility index (Phi) is 4.72. The molecule has 0 spiro atoms. The Morgan fingerprint density at radius 1 is 1.32 bits per heavy atom. The number of aliphatic hydroxyl groups is 1. The van der Waals surface area contributed by atoms with Crippen LogP contribution >= 0.6 is 11.5 Å². The van der Waals surface area contributed by atoms with E-state index < -0.39 is 6.10 Å². The topological polar surface area (TPSA) is 72.8 Å². The van der Waals surface area contributed by atoms with Gasteiger partial charge in [0.05, 0.1) is 17.8 Å². The molecular formula is C14H23N5O2S. The summed E-state index contributed by atoms with van der Waals surface area (Å²) >= 11 is 1.15. The molecule has 2 atom stereocenters. The molecule has 2 aliphatic rings. The van der Waals surface area contributed by atoms with E-state index in [1.807, 2.05) is 6.92 Å². The summed E-state index contributed by atoms with van der Waals surface area (Å²) in [6, 6.07) is 0.0450. The number of likely N-dealkylation sites (tertiary alicyclic amines) is 1. The molecule has 3 heterocycles. The normalized spacial score (nSPS) is 27.5. The van der Waals surface area contributed by atoms with Crippen molar-refractivity contribution in [3.63, 3.8) is 0 Å². The molecule has 122 valence electrons. The van der Waals surface area contributed by atoms with Crippen molar-refractivity contribution in [3.05, 3.63) is 10.6 Å². The molecule has 1 aromatic heterocycles. The van der Waals surface area contributed by atoms with Crippen LogP contribution in [0.1, 0.15) is 22.3 Å². The van der Waals surface area contributed by atoms with Crippen molar-refractivity contribution in [2.75, 3.05) is 46.3 Å². The van der Waals surface area contributed by atoms with Gasteiger partial charge in [-0.3, -0.25) is 9.69 Å². The number of aromatic nitrogens is 2. The van der Waals surface area contributed by atoms with E-state index in [2.05, 4.69) is 26.4 Å². The van der Waals surface area contributed by atoms with Gasteiger partial charge in [-0.1, -0.05) is 11.4 Å². The van der Waals surface area contributed by atoms with Gasteiger partial charge in [0.25, 0.3) is 5.91 Å². The third-order valence-corrected chi connectivity index (χ3v) is 5.39. The molecule has 2 aliphatic heterocycles. The van der Waals surface area contributed by atoms with Crippen LogP contribution in [0.15, 0.2) is 0 Å². The Labute approximate surface area is 134 Å². The number of hydrogen-bond donors (Lipinski definition) is 1. The summed E-state index contributed by atoms with van der Waals surface area (Å²) in [5.74, 6) is -0.0393. The quantitative estimate of drug-likeness (QED) is 0.810. The van der Waals surface area contributed by atoms with Crippen LogP contribution in [0.2, 0.25) is 0 Å². The summed E-state index contributed by atoms with van der Waals surface area (Å²) in [5.41, 5.74) is 0.757. The van der Waals surface area contributed by atoms with E-state index in [0.29, 0.717) is 24.4 Å². The van der Waals surface area contributed by atoms with Gasteiger partial charge in [0.2, 0.25) is 0 Å². The van der Waals surface area contributed by atoms with Crippen molar-refractivity contribution in [3.8, 4) is 0 Å². The average Bonchev–Trinajstić information content (AvgIpc) is 3.14. The second-order valence-corrected chi connectivity index (χ2v) is 6.84. The maximum atomic E-state index is 12.6. The minimum atomic E-state index is -0.474. The number of hydrogen-bond acceptors (Lipinski definition) is 7. The number of carbonyl (C=O) groups excluding carboxylic acids is 1. The standard InChI is InChI=1S/C14H23N5O2S/c1-3-10-13(22-16-15-10)14(21)19-8-11(12(20)9-19)18-6-4-17(2)5-7-18/h11-12,20H,3-9H2,1-2H3/t11-,12-/m1/s1. The molecule has 0 saturated carbocycles. The molecule has 7 nitrogen and oxygen atoms in total. The fourth-order valence-corrected chi connectivity index (χ4v) is 3.91. The Bertz CT molecular complexity index is 529. The lowest BCUT2D eigenvalue weighted by molar-refractivity contribution is 0.0512. The van der Waals surface area contributed by atoms with E-state index in [-0.39, 0.29) is 11.9 Å². The lowest BCUT2D eigenvalue weighted by Gasteiger charge is -2.37. The molecular weight excluding hydrogens is 302 g/mol. The van der Waals surface area contributed by atoms with Gasteiger partial charge in [0, 0.05) is 39.3 Å². The smallest absolute Gasteiger partial charge is 0.267 e. The summed E-state index contributed by atoms with van der Waals surface area (Å²) in [6.07, 6.45) is 0.230. The second kappa shape index (κ2) is 6.57. The zero-order valence-electron chi connectivity index (χ0n) is 13.1. The number of nitrogens with zero attached hydrogens (tertiary/aromatic N) is 5. The molecule has 1 N–H and O–H groups in total. The zero-order chi connectivity index (χ0) is 15.7. The number of aryl methyl sites for hydroxylation is 1. The predicted octanol–water partition coefficient (Wildman–Crippen LogP) is -0.467. The first kappa shape index (κ1) is 15.8. The Morgan fingerprint density at radius 3 is 2.73 bits per heavy atom. The van der Waals surface area contributed by atoms with Crippen LogP contribution in [-0.4, -0.2) is 93.8 Å². The monoisotopic (exact) mass is 325 g/mol. The molecule has 2 fully saturated rings. The average molecular weight is 325 g/mol. The number of carbonyl (C=O) groups is 1. The van der Waals surface area contributed by atoms with Gasteiger partial charge in [0.1, 0.15) is 4.88 Å². The lowest BCUT2D eigenvalue weighted by Crippen LogP contribution is -2.52. The number of aliphatic hydroxyl groups excluding tert-OH is 1. The Morgan fingerprint density at radius 2 is 2.05 bits per heavy atom. The van der Waals surface area contributed by atoms with Crippen molar-refractivity contribution in [1.29, 1.82) is 0 Å². The summed E-state index contributed by atoms with van der Waals surface area (Å²) in [7, 11) is 2.11. The number of rotatable bonds is 3. The molecule has 0 bridgehead atoms. The number of piperazine rings is 1. The SMILES string of the molecule is CCc1nnsc1C(=O)N1C[C@@H](O)[C@H](N2CCN(C)CC2)C1. The van der Waals surface area contributed by atoms with Gasteiger partial charge >= 0.3 is 0 Å². The second-order valence-electron chi connectivity index (χ2n) is 6.09. The molecule has 3 rings (SSSR count). The number of amides is 1. The van der Waals surface area contributed by atoms with Crippen LogP contribution in [0.25, 0.3) is 0 Å². The van der Waals surface area contributed by atoms with Crippen molar-refractivity contribution < 1.29 is 9.90 Å². The molecule has 0 aromatic carbocycles. The molecule has 0 unspecified atom stereocenters. The van der Waals surface area contributed by atoms with Gasteiger partial charge in [-0.05, 0) is 25.0 Å². The summed E-state index contributed by atoms with van der Waals surface area (Å²) < 4.78 is 3.89. The highest BCUT2D eigenvalue weighted by molar-refractivity contribution is 7.08. The van der Waals surface area contributed by atoms with Crippen LogP contribution in [0.3, 0.4) is 0 Å². The molecule has 2 saturated heterocycles. The molecule has 1 amide bonds. The Hall–Kier alpha value is -1.09. The molecule has 8 heteroatoms. The van der Waals surface area contributed by atoms with Gasteiger partial charge < -0.3 is 14.9 Å². The van der Waals surface area contributed by atoms with Crippen LogP contribution < -0.4 is 0 Å². The first-order valence-electron chi connectivity index (χ1n) is 7.81. The van der Waals surface area contributed by atoms with Gasteiger partial charge in [-0.15, -0.1) is 5.10 Å². The van der Waals surface area contributed by atoms with E-state index in [9.17, 15) is 9.90 Å². The van der Waals surface area contributed by atoms with Crippen LogP contribution in [0, 0.1) is 0 Å². The summed E-state index contributed by atoms with van der Waals surface area (Å²) in [6.45, 7) is 6.87. The van der Waals surface area contributed by atoms with Gasteiger partial charge in [-0.25, -0.2) is 0 Å². The minimum Gasteiger partial charge on any atom is -0.390 e. The van der Waals surface area contributed by atoms with Crippen molar-refractivity contribution in [2.24, 2.45) is 0 Å². The van der Waals surface area contributed by atoms with Gasteiger partial charge in [-0.2, -0.15) is 0 Å². The third kappa shape index (κ3) is 3.01. The highest BCUT2D eigenvalue weighted by Crippen LogP contribution is 2.22. The largest absolute Gasteiger partial charge is 0.390 e. The third-order valence-electron chi connectivity index (χ3n) is 4.64. The maximum absolute atomic E-state index is 12.6. The minimum absolute atomic E-state index is 0.0393. The predicted molar refractivity (Wildman–Crippen MR) is 84.1 cm³/mol. The van der Waals surface area contributed by atoms with E-state index in [1.165, 1.54) is 0 Å². The molecule has 0 aliphatic carbocycles. The first-order valence-corrected chi connectivity index (χ1v) is 8.58. The molecule has 0 radical (unpaired) electrons. The van der Waals surface area contributed by atoms with Crippen molar-refractivity contribution in [2.45, 2.75) is 25.5 Å². The highest BCUT2D eigenvalue weighted by atomic mass is 32.1. The van der Waals surface area contributed by atoms with Crippen molar-refractivity contribution in [1.82, 2.24) is 24.3 Å². The van der Waals surface area contributed by atoms with E-state index >= 15 is 0 Å². The molecule has 1 aromatic rings. The number of likely N-dealkylation sites (N-methyl/N-ethyl adjacent to an activating group) is 1. The highest BCUT2D eigenvalue weighted by Gasteiger charge is 2.39. The molecule has 22 heavy (non-hydrogen) atoms. The lowest BCUT2D eigenvalue weighted by atomic mass is 10.1. The van der Waals surface area contributed by atoms with E-state index in [4.69, 9.17) is 0 Å². The first-order chi connectivity index (χ1) is 10.6. The van der Waals surface area contributed by atoms with E-state index in [0.717, 1.165) is 43.4 Å². The Balaban J connectivity index is 1.66. The van der Waals surface area contributed by atoms with Crippen molar-refractivity contribution >= 4 is 17.4 Å². The van der Waals surface area contributed by atoms with Gasteiger partial charge in [0.15, 0.2) is 0 Å².